The Bertz CT molecular complexity index is 698. The molecule has 13 heteroatoms. The first-order chi connectivity index (χ1) is 22.7. The van der Waals surface area contributed by atoms with Crippen LogP contribution in [0.4, 0.5) is 0 Å². The van der Waals surface area contributed by atoms with E-state index in [9.17, 15) is 20.0 Å². The van der Waals surface area contributed by atoms with Gasteiger partial charge >= 0.3 is 7.94 Å². The first-order valence-electron chi connectivity index (χ1n) is 18.8. The summed E-state index contributed by atoms with van der Waals surface area (Å²) in [5.74, 6) is 0. The van der Waals surface area contributed by atoms with E-state index in [2.05, 4.69) is 0 Å². The minimum Gasteiger partial charge on any atom is -0.368 e. The van der Waals surface area contributed by atoms with Crippen LogP contribution in [0.1, 0.15) is 154 Å². The molecule has 0 saturated carbocycles. The predicted molar refractivity (Wildman–Crippen MR) is 190 cm³/mol. The fourth-order valence-electron chi connectivity index (χ4n) is 5.63. The molecular weight excluding hydrogens is 641 g/mol. The van der Waals surface area contributed by atoms with Crippen molar-refractivity contribution in [3.05, 3.63) is 0 Å². The number of ether oxygens (including phenoxy) is 2. The van der Waals surface area contributed by atoms with E-state index >= 15 is 0 Å². The molecule has 12 nitrogen and oxygen atoms in total. The van der Waals surface area contributed by atoms with Gasteiger partial charge in [0.15, 0.2) is 25.2 Å². The second-order valence-corrected chi connectivity index (χ2v) is 16.5. The zero-order valence-corrected chi connectivity index (χ0v) is 31.6. The molecule has 0 heterocycles. The number of hydrogen-bond donors (Lipinski definition) is 8. The van der Waals surface area contributed by atoms with Crippen LogP contribution in [0.3, 0.4) is 0 Å². The van der Waals surface area contributed by atoms with Gasteiger partial charge in [0.1, 0.15) is 12.7 Å². The molecule has 0 bridgehead atoms. The highest BCUT2D eigenvalue weighted by molar-refractivity contribution is 7.59. The van der Waals surface area contributed by atoms with Crippen LogP contribution < -0.4 is 0 Å². The Morgan fingerprint density at radius 3 is 1.15 bits per heavy atom. The third-order valence-corrected chi connectivity index (χ3v) is 10.0. The Labute approximate surface area is 292 Å². The SMILES string of the molecule is C[N+](C)(C)C[P+](O)(O)OCC(COC(O)CCCCCCCCCCCCC(O)O)OC(O)CCCCCCCCCCCCC(O)O. The van der Waals surface area contributed by atoms with Crippen LogP contribution in [0, 0.1) is 0 Å². The molecule has 3 atom stereocenters. The van der Waals surface area contributed by atoms with Gasteiger partial charge in [-0.25, -0.2) is 0 Å². The normalized spacial score (nSPS) is 14.7. The molecule has 0 fully saturated rings. The number of unbranched alkanes of at least 4 members (excludes halogenated alkanes) is 18. The van der Waals surface area contributed by atoms with Crippen LogP contribution >= 0.6 is 7.94 Å². The number of aliphatic hydroxyl groups excluding tert-OH is 4. The predicted octanol–water partition coefficient (Wildman–Crippen LogP) is 5.44. The lowest BCUT2D eigenvalue weighted by Gasteiger charge is -2.26. The van der Waals surface area contributed by atoms with E-state index < -0.39 is 39.2 Å². The standard InChI is InChI=1S/C35H76NO11P/c1-36(2,3)30-48(43,44)46-29-31(47-35(42)27-23-19-15-11-7-5-9-13-17-21-25-33(39)40)28-45-34(41)26-22-18-14-10-6-4-8-12-16-20-24-32(37)38/h31-35,37-44H,4-30H2,1-3H3/q+2. The van der Waals surface area contributed by atoms with E-state index in [1.54, 1.807) is 0 Å². The van der Waals surface area contributed by atoms with Crippen LogP contribution in [0.15, 0.2) is 0 Å². The van der Waals surface area contributed by atoms with Gasteiger partial charge in [0.2, 0.25) is 0 Å². The molecule has 0 aromatic carbocycles. The molecule has 0 rings (SSSR count). The van der Waals surface area contributed by atoms with E-state index in [1.165, 1.54) is 32.1 Å². The number of hydrogen-bond acceptors (Lipinski definition) is 11. The Kier molecular flexibility index (Phi) is 30.5. The molecule has 0 amide bonds. The number of aliphatic hydroxyl groups is 6. The Morgan fingerprint density at radius 1 is 0.458 bits per heavy atom. The molecule has 290 valence electrons. The summed E-state index contributed by atoms with van der Waals surface area (Å²) < 4.78 is 17.2. The summed E-state index contributed by atoms with van der Waals surface area (Å²) in [7, 11) is 1.86. The minimum atomic E-state index is -3.65. The summed E-state index contributed by atoms with van der Waals surface area (Å²) in [6.45, 7) is -0.213. The van der Waals surface area contributed by atoms with Crippen molar-refractivity contribution in [2.24, 2.45) is 0 Å². The van der Waals surface area contributed by atoms with Crippen molar-refractivity contribution in [3.8, 4) is 0 Å². The van der Waals surface area contributed by atoms with Gasteiger partial charge in [-0.05, 0) is 51.4 Å². The second-order valence-electron chi connectivity index (χ2n) is 14.6. The Hall–Kier alpha value is -0.0500. The fraction of sp³-hybridized carbons (Fsp3) is 1.00. The molecule has 3 unspecified atom stereocenters. The lowest BCUT2D eigenvalue weighted by Crippen LogP contribution is -2.38. The van der Waals surface area contributed by atoms with Gasteiger partial charge in [-0.1, -0.05) is 103 Å². The molecule has 48 heavy (non-hydrogen) atoms. The van der Waals surface area contributed by atoms with Gasteiger partial charge in [0.05, 0.1) is 27.7 Å². The molecule has 0 spiro atoms. The lowest BCUT2D eigenvalue weighted by molar-refractivity contribution is -0.859. The second kappa shape index (κ2) is 30.6. The Morgan fingerprint density at radius 2 is 0.792 bits per heavy atom. The van der Waals surface area contributed by atoms with Crippen molar-refractivity contribution in [1.82, 2.24) is 0 Å². The highest BCUT2D eigenvalue weighted by atomic mass is 31.2. The van der Waals surface area contributed by atoms with Gasteiger partial charge in [0, 0.05) is 0 Å². The monoisotopic (exact) mass is 718 g/mol. The summed E-state index contributed by atoms with van der Waals surface area (Å²) in [5.41, 5.74) is 0. The molecule has 0 radical (unpaired) electrons. The van der Waals surface area contributed by atoms with Crippen molar-refractivity contribution < 1.29 is 58.9 Å². The number of nitrogens with zero attached hydrogens (tertiary/aromatic N) is 1. The van der Waals surface area contributed by atoms with E-state index in [0.29, 0.717) is 30.2 Å². The van der Waals surface area contributed by atoms with Crippen LogP contribution in [-0.2, 0) is 14.0 Å². The molecule has 8 N–H and O–H groups in total. The van der Waals surface area contributed by atoms with E-state index in [1.807, 2.05) is 21.1 Å². The first-order valence-corrected chi connectivity index (χ1v) is 20.6. The van der Waals surface area contributed by atoms with Crippen LogP contribution in [0.2, 0.25) is 0 Å². The summed E-state index contributed by atoms with van der Waals surface area (Å²) in [4.78, 5) is 20.8. The first kappa shape index (κ1) is 48.0. The van der Waals surface area contributed by atoms with Crippen LogP contribution in [0.25, 0.3) is 0 Å². The summed E-state index contributed by atoms with van der Waals surface area (Å²) >= 11 is 0. The smallest absolute Gasteiger partial charge is 0.368 e. The van der Waals surface area contributed by atoms with Gasteiger partial charge < -0.3 is 40.1 Å². The molecule has 0 aliphatic rings. The molecule has 0 aliphatic carbocycles. The van der Waals surface area contributed by atoms with Crippen LogP contribution in [0.5, 0.6) is 0 Å². The van der Waals surface area contributed by atoms with Crippen molar-refractivity contribution in [2.45, 2.75) is 185 Å². The molecular formula is C35H76NO11P+2. The van der Waals surface area contributed by atoms with Gasteiger partial charge in [-0.15, -0.1) is 0 Å². The average molecular weight is 718 g/mol. The molecule has 0 aliphatic heterocycles. The van der Waals surface area contributed by atoms with Gasteiger partial charge in [-0.2, -0.15) is 14.3 Å². The molecule has 0 aromatic heterocycles. The maximum Gasteiger partial charge on any atom is 0.465 e. The van der Waals surface area contributed by atoms with E-state index in [0.717, 1.165) is 96.3 Å². The number of quaternary nitrogens is 1. The maximum absolute atomic E-state index is 10.5. The summed E-state index contributed by atoms with van der Waals surface area (Å²) in [6, 6.07) is 0. The minimum absolute atomic E-state index is 0.0369. The van der Waals surface area contributed by atoms with E-state index in [-0.39, 0.29) is 19.5 Å². The third-order valence-electron chi connectivity index (χ3n) is 8.23. The summed E-state index contributed by atoms with van der Waals surface area (Å²) in [5, 5.41) is 56.4. The third kappa shape index (κ3) is 35.8. The maximum atomic E-state index is 10.5. The van der Waals surface area contributed by atoms with Gasteiger partial charge in [0.25, 0.3) is 6.29 Å². The van der Waals surface area contributed by atoms with Crippen LogP contribution in [-0.4, -0.2) is 117 Å². The fourth-order valence-corrected chi connectivity index (χ4v) is 7.23. The topological polar surface area (TPSA) is 190 Å². The zero-order valence-electron chi connectivity index (χ0n) is 30.7. The largest absolute Gasteiger partial charge is 0.465 e. The average Bonchev–Trinajstić information content (AvgIpc) is 2.98. The lowest BCUT2D eigenvalue weighted by atomic mass is 10.0. The zero-order chi connectivity index (χ0) is 36.1. The van der Waals surface area contributed by atoms with Crippen molar-refractivity contribution in [2.75, 3.05) is 40.6 Å². The summed E-state index contributed by atoms with van der Waals surface area (Å²) in [6.07, 6.45) is 17.8. The van der Waals surface area contributed by atoms with E-state index in [4.69, 9.17) is 34.4 Å². The van der Waals surface area contributed by atoms with Gasteiger partial charge in [-0.3, -0.25) is 4.48 Å². The highest BCUT2D eigenvalue weighted by Gasteiger charge is 2.43. The van der Waals surface area contributed by atoms with Crippen molar-refractivity contribution in [1.29, 1.82) is 0 Å². The Balaban J connectivity index is 4.28. The van der Waals surface area contributed by atoms with Crippen molar-refractivity contribution in [3.63, 3.8) is 0 Å². The quantitative estimate of drug-likeness (QED) is 0.0178. The molecule has 0 aromatic rings. The molecule has 0 saturated heterocycles. The highest BCUT2D eigenvalue weighted by Crippen LogP contribution is 2.52. The number of rotatable bonds is 36. The van der Waals surface area contributed by atoms with Crippen molar-refractivity contribution >= 4 is 7.94 Å².